The van der Waals surface area contributed by atoms with Crippen LogP contribution in [0.5, 0.6) is 0 Å². The molecule has 2 aromatic rings. The smallest absolute Gasteiger partial charge is 0.419 e. The number of pyridine rings is 1. The number of aromatic nitrogens is 3. The average molecular weight is 398 g/mol. The van der Waals surface area contributed by atoms with Crippen molar-refractivity contribution in [3.05, 3.63) is 35.4 Å². The number of nitriles is 1. The van der Waals surface area contributed by atoms with Crippen LogP contribution in [0.15, 0.2) is 18.5 Å². The summed E-state index contributed by atoms with van der Waals surface area (Å²) >= 11 is 0. The van der Waals surface area contributed by atoms with Gasteiger partial charge < -0.3 is 15.5 Å². The molecule has 1 atom stereocenters. The quantitative estimate of drug-likeness (QED) is 0.512. The van der Waals surface area contributed by atoms with Crippen LogP contribution in [0.2, 0.25) is 0 Å². The second kappa shape index (κ2) is 7.53. The van der Waals surface area contributed by atoms with Crippen LogP contribution in [0.4, 0.5) is 29.3 Å². The highest BCUT2D eigenvalue weighted by Gasteiger charge is 2.36. The summed E-state index contributed by atoms with van der Waals surface area (Å²) in [6, 6.07) is 1.83. The van der Waals surface area contributed by atoms with Crippen molar-refractivity contribution < 1.29 is 33.0 Å². The molecule has 0 aliphatic heterocycles. The van der Waals surface area contributed by atoms with E-state index in [2.05, 4.69) is 20.5 Å². The number of nitrogens with zero attached hydrogens (tertiary/aromatic N) is 3. The third-order valence-electron chi connectivity index (χ3n) is 3.53. The molecule has 0 radical (unpaired) electrons. The van der Waals surface area contributed by atoms with E-state index in [-0.39, 0.29) is 17.1 Å². The van der Waals surface area contributed by atoms with Crippen LogP contribution >= 0.6 is 0 Å². The SMILES string of the molecule is C[C@@](O)(Cc1[nH]ncc1NC(=O)O)C(=O)Nc1cnc(C#N)c(C(F)(F)F)c1. The predicted molar refractivity (Wildman–Crippen MR) is 87.1 cm³/mol. The highest BCUT2D eigenvalue weighted by molar-refractivity contribution is 5.97. The molecule has 10 nitrogen and oxygen atoms in total. The lowest BCUT2D eigenvalue weighted by molar-refractivity contribution is -0.138. The van der Waals surface area contributed by atoms with Crippen molar-refractivity contribution in [1.82, 2.24) is 15.2 Å². The van der Waals surface area contributed by atoms with Crippen LogP contribution in [0, 0.1) is 11.3 Å². The van der Waals surface area contributed by atoms with Crippen LogP contribution in [-0.2, 0) is 17.4 Å². The molecular formula is C15H13F3N6O4. The molecule has 2 amide bonds. The van der Waals surface area contributed by atoms with Crippen LogP contribution in [-0.4, -0.2) is 43.0 Å². The Hall–Kier alpha value is -3.66. The number of aromatic amines is 1. The molecule has 5 N–H and O–H groups in total. The third-order valence-corrected chi connectivity index (χ3v) is 3.53. The van der Waals surface area contributed by atoms with Crippen LogP contribution < -0.4 is 10.6 Å². The van der Waals surface area contributed by atoms with Crippen molar-refractivity contribution in [2.45, 2.75) is 25.1 Å². The summed E-state index contributed by atoms with van der Waals surface area (Å²) in [6.45, 7) is 1.08. The Labute approximate surface area is 155 Å². The zero-order chi connectivity index (χ0) is 21.1. The van der Waals surface area contributed by atoms with Crippen LogP contribution in [0.3, 0.4) is 0 Å². The van der Waals surface area contributed by atoms with Crippen molar-refractivity contribution in [1.29, 1.82) is 5.26 Å². The first-order valence-electron chi connectivity index (χ1n) is 7.47. The summed E-state index contributed by atoms with van der Waals surface area (Å²) < 4.78 is 38.9. The molecule has 0 fully saturated rings. The highest BCUT2D eigenvalue weighted by Crippen LogP contribution is 2.32. The van der Waals surface area contributed by atoms with Crippen molar-refractivity contribution in [3.63, 3.8) is 0 Å². The van der Waals surface area contributed by atoms with Gasteiger partial charge in [-0.25, -0.2) is 9.78 Å². The summed E-state index contributed by atoms with van der Waals surface area (Å²) in [7, 11) is 0. The number of carboxylic acid groups (broad SMARTS) is 1. The van der Waals surface area contributed by atoms with Gasteiger partial charge in [0.15, 0.2) is 5.69 Å². The van der Waals surface area contributed by atoms with Gasteiger partial charge in [-0.05, 0) is 13.0 Å². The zero-order valence-corrected chi connectivity index (χ0v) is 14.1. The number of carbonyl (C=O) groups excluding carboxylic acids is 1. The molecule has 28 heavy (non-hydrogen) atoms. The second-order valence-electron chi connectivity index (χ2n) is 5.83. The molecule has 0 saturated carbocycles. The van der Waals surface area contributed by atoms with E-state index < -0.39 is 41.5 Å². The lowest BCUT2D eigenvalue weighted by atomic mass is 9.98. The Balaban J connectivity index is 2.21. The molecular weight excluding hydrogens is 385 g/mol. The lowest BCUT2D eigenvalue weighted by Crippen LogP contribution is -2.42. The maximum absolute atomic E-state index is 13.0. The molecule has 0 unspecified atom stereocenters. The van der Waals surface area contributed by atoms with E-state index in [1.54, 1.807) is 0 Å². The van der Waals surface area contributed by atoms with Gasteiger partial charge >= 0.3 is 12.3 Å². The summed E-state index contributed by atoms with van der Waals surface area (Å²) in [4.78, 5) is 26.4. The van der Waals surface area contributed by atoms with Crippen LogP contribution in [0.1, 0.15) is 23.9 Å². The second-order valence-corrected chi connectivity index (χ2v) is 5.83. The maximum atomic E-state index is 13.0. The van der Waals surface area contributed by atoms with E-state index in [0.29, 0.717) is 6.07 Å². The number of anilines is 2. The Kier molecular flexibility index (Phi) is 5.55. The first kappa shape index (κ1) is 20.6. The number of carbonyl (C=O) groups is 2. The summed E-state index contributed by atoms with van der Waals surface area (Å²) in [5.41, 5.74) is -4.65. The van der Waals surface area contributed by atoms with Gasteiger partial charge in [-0.2, -0.15) is 23.5 Å². The fourth-order valence-corrected chi connectivity index (χ4v) is 2.20. The predicted octanol–water partition coefficient (Wildman–Crippen LogP) is 1.72. The number of alkyl halides is 3. The van der Waals surface area contributed by atoms with Crippen molar-refractivity contribution in [2.75, 3.05) is 10.6 Å². The third kappa shape index (κ3) is 4.74. The Morgan fingerprint density at radius 3 is 2.57 bits per heavy atom. The summed E-state index contributed by atoms with van der Waals surface area (Å²) in [5, 5.41) is 37.9. The van der Waals surface area contributed by atoms with Gasteiger partial charge in [0.05, 0.1) is 35.0 Å². The van der Waals surface area contributed by atoms with E-state index in [1.165, 1.54) is 6.07 Å². The molecule has 2 rings (SSSR count). The Bertz CT molecular complexity index is 948. The summed E-state index contributed by atoms with van der Waals surface area (Å²) in [6.07, 6.45) is -4.72. The minimum Gasteiger partial charge on any atom is -0.465 e. The number of rotatable bonds is 5. The number of aliphatic hydroxyl groups is 1. The Morgan fingerprint density at radius 2 is 2.00 bits per heavy atom. The Morgan fingerprint density at radius 1 is 1.32 bits per heavy atom. The van der Waals surface area contributed by atoms with Crippen LogP contribution in [0.25, 0.3) is 0 Å². The topological polar surface area (TPSA) is 164 Å². The number of nitrogens with one attached hydrogen (secondary N) is 3. The number of hydrogen-bond donors (Lipinski definition) is 5. The number of halogens is 3. The van der Waals surface area contributed by atoms with Gasteiger partial charge in [0.25, 0.3) is 5.91 Å². The van der Waals surface area contributed by atoms with E-state index in [0.717, 1.165) is 19.3 Å². The lowest BCUT2D eigenvalue weighted by Gasteiger charge is -2.22. The highest BCUT2D eigenvalue weighted by atomic mass is 19.4. The molecule has 0 spiro atoms. The van der Waals surface area contributed by atoms with Gasteiger partial charge in [0.1, 0.15) is 11.7 Å². The number of amides is 2. The molecule has 0 saturated heterocycles. The zero-order valence-electron chi connectivity index (χ0n) is 14.1. The molecule has 0 aromatic carbocycles. The van der Waals surface area contributed by atoms with Gasteiger partial charge in [-0.15, -0.1) is 0 Å². The number of hydrogen-bond acceptors (Lipinski definition) is 6. The van der Waals surface area contributed by atoms with E-state index >= 15 is 0 Å². The van der Waals surface area contributed by atoms with E-state index in [9.17, 15) is 27.9 Å². The van der Waals surface area contributed by atoms with Gasteiger partial charge in [-0.3, -0.25) is 15.2 Å². The van der Waals surface area contributed by atoms with Crippen molar-refractivity contribution in [3.8, 4) is 6.07 Å². The van der Waals surface area contributed by atoms with Gasteiger partial charge in [0, 0.05) is 6.42 Å². The first-order chi connectivity index (χ1) is 12.9. The monoisotopic (exact) mass is 398 g/mol. The average Bonchev–Trinajstić information content (AvgIpc) is 2.99. The minimum absolute atomic E-state index is 0.0000255. The van der Waals surface area contributed by atoms with E-state index in [1.807, 2.05) is 5.32 Å². The molecule has 0 bridgehead atoms. The fraction of sp³-hybridized carbons (Fsp3) is 0.267. The normalized spacial score (nSPS) is 13.3. The molecule has 2 heterocycles. The molecule has 0 aliphatic carbocycles. The largest absolute Gasteiger partial charge is 0.465 e. The minimum atomic E-state index is -4.87. The molecule has 148 valence electrons. The van der Waals surface area contributed by atoms with Gasteiger partial charge in [0.2, 0.25) is 0 Å². The standard InChI is InChI=1S/C15H13F3N6O4/c1-14(28,3-9-11(6-21-24-9)23-13(26)27)12(25)22-7-2-8(15(16,17)18)10(4-19)20-5-7/h2,5-6,23,28H,3H2,1H3,(H,21,24)(H,22,25)(H,26,27)/t14-/m1/s1. The maximum Gasteiger partial charge on any atom is 0.419 e. The summed E-state index contributed by atoms with van der Waals surface area (Å²) in [5.74, 6) is -1.08. The molecule has 0 aliphatic rings. The molecule has 13 heteroatoms. The fourth-order valence-electron chi connectivity index (χ4n) is 2.20. The van der Waals surface area contributed by atoms with Crippen molar-refractivity contribution in [2.24, 2.45) is 0 Å². The first-order valence-corrected chi connectivity index (χ1v) is 7.47. The van der Waals surface area contributed by atoms with Crippen molar-refractivity contribution >= 4 is 23.4 Å². The number of H-pyrrole nitrogens is 1. The van der Waals surface area contributed by atoms with Gasteiger partial charge in [-0.1, -0.05) is 0 Å². The molecule has 2 aromatic heterocycles. The van der Waals surface area contributed by atoms with E-state index in [4.69, 9.17) is 10.4 Å².